The van der Waals surface area contributed by atoms with Gasteiger partial charge in [0.05, 0.1) is 6.26 Å². The van der Waals surface area contributed by atoms with Gasteiger partial charge in [-0.05, 0) is 41.5 Å². The van der Waals surface area contributed by atoms with E-state index < -0.39 is 18.0 Å². The van der Waals surface area contributed by atoms with Gasteiger partial charge >= 0.3 is 6.36 Å². The third kappa shape index (κ3) is 4.24. The minimum Gasteiger partial charge on any atom is -0.460 e. The minimum absolute atomic E-state index is 0.0234. The summed E-state index contributed by atoms with van der Waals surface area (Å²) in [5.74, 6) is -3.57. The molecular weight excluding hydrogens is 409 g/mol. The number of rotatable bonds is 3. The van der Waals surface area contributed by atoms with Gasteiger partial charge in [-0.3, -0.25) is 4.79 Å². The number of carbonyl (C=O) groups is 1. The maximum atomic E-state index is 13.3. The van der Waals surface area contributed by atoms with Crippen LogP contribution in [0.4, 0.5) is 22.0 Å². The lowest BCUT2D eigenvalue weighted by molar-refractivity contribution is -0.274. The molecule has 2 aromatic carbocycles. The molecule has 1 saturated heterocycles. The molecule has 0 bridgehead atoms. The van der Waals surface area contributed by atoms with E-state index >= 15 is 0 Å². The van der Waals surface area contributed by atoms with Crippen molar-refractivity contribution in [2.75, 3.05) is 13.1 Å². The first-order chi connectivity index (χ1) is 14.1. The molecule has 0 radical (unpaired) electrons. The van der Waals surface area contributed by atoms with Crippen LogP contribution >= 0.6 is 0 Å². The second kappa shape index (κ2) is 7.30. The second-order valence-corrected chi connectivity index (χ2v) is 7.09. The summed E-state index contributed by atoms with van der Waals surface area (Å²) < 4.78 is 73.9. The normalized spacial score (nSPS) is 16.6. The van der Waals surface area contributed by atoms with Crippen molar-refractivity contribution in [1.29, 1.82) is 0 Å². The molecule has 0 aliphatic carbocycles. The lowest BCUT2D eigenvalue weighted by atomic mass is 10.0. The number of likely N-dealkylation sites (tertiary alicyclic amines) is 1. The van der Waals surface area contributed by atoms with Crippen LogP contribution in [0.3, 0.4) is 0 Å². The molecule has 9 heteroatoms. The number of amides is 1. The SMILES string of the molecule is O=C(c1ccc(-c2cc(OC(F)(F)F)c3occc3c2)cc1)N1CCC(F)(F)CC1. The molecule has 158 valence electrons. The zero-order chi connectivity index (χ0) is 21.5. The maximum Gasteiger partial charge on any atom is 0.573 e. The van der Waals surface area contributed by atoms with Crippen molar-refractivity contribution in [2.45, 2.75) is 25.1 Å². The Kier molecular flexibility index (Phi) is 4.91. The Bertz CT molecular complexity index is 1060. The average Bonchev–Trinajstić information content (AvgIpc) is 3.15. The molecule has 0 N–H and O–H groups in total. The van der Waals surface area contributed by atoms with Crippen LogP contribution in [0.5, 0.6) is 5.75 Å². The van der Waals surface area contributed by atoms with E-state index in [1.165, 1.54) is 35.4 Å². The summed E-state index contributed by atoms with van der Waals surface area (Å²) in [4.78, 5) is 13.9. The van der Waals surface area contributed by atoms with Gasteiger partial charge in [0.1, 0.15) is 0 Å². The number of benzene rings is 2. The van der Waals surface area contributed by atoms with Crippen molar-refractivity contribution >= 4 is 16.9 Å². The Morgan fingerprint density at radius 1 is 1.00 bits per heavy atom. The molecule has 0 saturated carbocycles. The van der Waals surface area contributed by atoms with Crippen molar-refractivity contribution in [3.63, 3.8) is 0 Å². The predicted octanol–water partition coefficient (Wildman–Crippen LogP) is 5.87. The van der Waals surface area contributed by atoms with Crippen molar-refractivity contribution in [1.82, 2.24) is 4.90 Å². The van der Waals surface area contributed by atoms with Gasteiger partial charge in [0, 0.05) is 36.9 Å². The zero-order valence-electron chi connectivity index (χ0n) is 15.5. The molecule has 0 atom stereocenters. The molecular formula is C21H16F5NO3. The Morgan fingerprint density at radius 3 is 2.30 bits per heavy atom. The predicted molar refractivity (Wildman–Crippen MR) is 98.4 cm³/mol. The molecule has 1 aliphatic rings. The molecule has 4 rings (SSSR count). The van der Waals surface area contributed by atoms with E-state index in [2.05, 4.69) is 4.74 Å². The Labute approximate surface area is 167 Å². The van der Waals surface area contributed by atoms with E-state index in [-0.39, 0.29) is 37.4 Å². The average molecular weight is 425 g/mol. The highest BCUT2D eigenvalue weighted by Crippen LogP contribution is 2.36. The Morgan fingerprint density at radius 2 is 1.67 bits per heavy atom. The number of ether oxygens (including phenoxy) is 1. The number of carbonyl (C=O) groups excluding carboxylic acids is 1. The summed E-state index contributed by atoms with van der Waals surface area (Å²) in [7, 11) is 0. The van der Waals surface area contributed by atoms with Gasteiger partial charge in [0.25, 0.3) is 11.8 Å². The van der Waals surface area contributed by atoms with Gasteiger partial charge in [0.15, 0.2) is 11.3 Å². The number of fused-ring (bicyclic) bond motifs is 1. The number of furan rings is 1. The lowest BCUT2D eigenvalue weighted by Gasteiger charge is -2.31. The highest BCUT2D eigenvalue weighted by molar-refractivity contribution is 5.95. The van der Waals surface area contributed by atoms with Crippen LogP contribution in [0.15, 0.2) is 53.1 Å². The molecule has 1 amide bonds. The molecule has 4 nitrogen and oxygen atoms in total. The third-order valence-electron chi connectivity index (χ3n) is 4.99. The summed E-state index contributed by atoms with van der Waals surface area (Å²) in [6.45, 7) is -0.0498. The first kappa shape index (κ1) is 20.2. The smallest absolute Gasteiger partial charge is 0.460 e. The number of alkyl halides is 5. The van der Waals surface area contributed by atoms with Crippen LogP contribution in [0, 0.1) is 0 Å². The third-order valence-corrected chi connectivity index (χ3v) is 4.99. The Hall–Kier alpha value is -3.10. The minimum atomic E-state index is -4.88. The van der Waals surface area contributed by atoms with Crippen molar-refractivity contribution < 1.29 is 35.9 Å². The summed E-state index contributed by atoms with van der Waals surface area (Å²) in [5, 5.41) is 0.432. The highest BCUT2D eigenvalue weighted by Gasteiger charge is 2.36. The number of nitrogens with zero attached hydrogens (tertiary/aromatic N) is 1. The van der Waals surface area contributed by atoms with E-state index in [1.807, 2.05) is 0 Å². The summed E-state index contributed by atoms with van der Waals surface area (Å²) in [5.41, 5.74) is 1.30. The lowest BCUT2D eigenvalue weighted by Crippen LogP contribution is -2.42. The fraction of sp³-hybridized carbons (Fsp3) is 0.286. The summed E-state index contributed by atoms with van der Waals surface area (Å²) in [6.07, 6.45) is -4.35. The first-order valence-corrected chi connectivity index (χ1v) is 9.16. The molecule has 0 unspecified atom stereocenters. The highest BCUT2D eigenvalue weighted by atomic mass is 19.4. The quantitative estimate of drug-likeness (QED) is 0.493. The second-order valence-electron chi connectivity index (χ2n) is 7.09. The van der Waals surface area contributed by atoms with Gasteiger partial charge in [-0.25, -0.2) is 8.78 Å². The molecule has 1 aliphatic heterocycles. The van der Waals surface area contributed by atoms with E-state index in [0.29, 0.717) is 22.1 Å². The zero-order valence-corrected chi connectivity index (χ0v) is 15.5. The van der Waals surface area contributed by atoms with Crippen molar-refractivity contribution in [2.24, 2.45) is 0 Å². The van der Waals surface area contributed by atoms with Crippen LogP contribution in [-0.4, -0.2) is 36.2 Å². The topological polar surface area (TPSA) is 42.7 Å². The van der Waals surface area contributed by atoms with Crippen LogP contribution < -0.4 is 4.74 Å². The molecule has 30 heavy (non-hydrogen) atoms. The van der Waals surface area contributed by atoms with Crippen LogP contribution in [0.2, 0.25) is 0 Å². The molecule has 1 aromatic heterocycles. The summed E-state index contributed by atoms with van der Waals surface area (Å²) in [6, 6.07) is 10.6. The van der Waals surface area contributed by atoms with Gasteiger partial charge in [-0.1, -0.05) is 12.1 Å². The fourth-order valence-electron chi connectivity index (χ4n) is 3.44. The van der Waals surface area contributed by atoms with Crippen LogP contribution in [0.25, 0.3) is 22.1 Å². The number of halogens is 5. The van der Waals surface area contributed by atoms with E-state index in [1.54, 1.807) is 18.2 Å². The van der Waals surface area contributed by atoms with Crippen molar-refractivity contribution in [3.8, 4) is 16.9 Å². The Balaban J connectivity index is 1.58. The van der Waals surface area contributed by atoms with Gasteiger partial charge in [-0.15, -0.1) is 13.2 Å². The van der Waals surface area contributed by atoms with Crippen LogP contribution in [0.1, 0.15) is 23.2 Å². The van der Waals surface area contributed by atoms with Gasteiger partial charge in [0.2, 0.25) is 0 Å². The largest absolute Gasteiger partial charge is 0.573 e. The van der Waals surface area contributed by atoms with E-state index in [4.69, 9.17) is 4.42 Å². The molecule has 2 heterocycles. The van der Waals surface area contributed by atoms with Crippen molar-refractivity contribution in [3.05, 3.63) is 54.3 Å². The standard InChI is InChI=1S/C21H16F5NO3/c22-20(23)6-8-27(9-7-20)19(28)14-3-1-13(2-4-14)16-11-15-5-10-29-18(15)17(12-16)30-21(24,25)26/h1-5,10-12H,6-9H2. The maximum absolute atomic E-state index is 13.3. The van der Waals surface area contributed by atoms with E-state index in [9.17, 15) is 26.7 Å². The van der Waals surface area contributed by atoms with Gasteiger partial charge in [-0.2, -0.15) is 0 Å². The number of hydrogen-bond donors (Lipinski definition) is 0. The number of piperidine rings is 1. The molecule has 1 fully saturated rings. The van der Waals surface area contributed by atoms with Crippen LogP contribution in [-0.2, 0) is 0 Å². The fourth-order valence-corrected chi connectivity index (χ4v) is 3.44. The number of hydrogen-bond acceptors (Lipinski definition) is 3. The monoisotopic (exact) mass is 425 g/mol. The molecule has 0 spiro atoms. The van der Waals surface area contributed by atoms with E-state index in [0.717, 1.165) is 0 Å². The summed E-state index contributed by atoms with van der Waals surface area (Å²) >= 11 is 0. The van der Waals surface area contributed by atoms with Gasteiger partial charge < -0.3 is 14.1 Å². The molecule has 3 aromatic rings. The first-order valence-electron chi connectivity index (χ1n) is 9.16.